The number of fused-ring (bicyclic) bond motifs is 2. The Bertz CT molecular complexity index is 598. The van der Waals surface area contributed by atoms with Crippen LogP contribution < -0.4 is 10.2 Å². The molecule has 0 unspecified atom stereocenters. The van der Waals surface area contributed by atoms with Crippen molar-refractivity contribution in [1.82, 2.24) is 14.8 Å². The third-order valence-electron chi connectivity index (χ3n) is 6.91. The molecule has 5 heteroatoms. The second-order valence-corrected chi connectivity index (χ2v) is 8.87. The molecule has 1 aromatic heterocycles. The fourth-order valence-corrected chi connectivity index (χ4v) is 5.60. The summed E-state index contributed by atoms with van der Waals surface area (Å²) in [7, 11) is 0. The van der Waals surface area contributed by atoms with Gasteiger partial charge in [0, 0.05) is 17.4 Å². The maximum Gasteiger partial charge on any atom is 0.169 e. The van der Waals surface area contributed by atoms with Crippen molar-refractivity contribution in [2.24, 2.45) is 11.8 Å². The molecule has 4 rings (SSSR count). The van der Waals surface area contributed by atoms with Crippen LogP contribution >= 0.6 is 12.2 Å². The molecule has 2 heterocycles. The van der Waals surface area contributed by atoms with E-state index in [0.717, 1.165) is 36.6 Å². The predicted octanol–water partition coefficient (Wildman–Crippen LogP) is 1.37. The van der Waals surface area contributed by atoms with Gasteiger partial charge in [-0.1, -0.05) is 6.42 Å². The first-order chi connectivity index (χ1) is 12.1. The number of thiocarbonyl (C=S) groups is 1. The summed E-state index contributed by atoms with van der Waals surface area (Å²) in [4.78, 5) is 4.13. The molecule has 0 radical (unpaired) electrons. The predicted molar refractivity (Wildman–Crippen MR) is 106 cm³/mol. The fraction of sp³-hybridized carbons (Fsp3) is 0.750. The van der Waals surface area contributed by atoms with Crippen LogP contribution in [-0.2, 0) is 6.54 Å². The van der Waals surface area contributed by atoms with Crippen molar-refractivity contribution in [2.75, 3.05) is 32.7 Å². The lowest BCUT2D eigenvalue weighted by Crippen LogP contribution is -3.15. The molecule has 1 saturated heterocycles. The Balaban J connectivity index is 1.21. The van der Waals surface area contributed by atoms with Crippen LogP contribution in [0.25, 0.3) is 0 Å². The minimum atomic E-state index is 0.663. The number of quaternary nitrogens is 1. The van der Waals surface area contributed by atoms with Gasteiger partial charge in [0.05, 0.1) is 39.3 Å². The number of nitrogens with one attached hydrogen (secondary N) is 2. The van der Waals surface area contributed by atoms with Crippen molar-refractivity contribution in [3.05, 3.63) is 23.5 Å². The Kier molecular flexibility index (Phi) is 5.05. The molecule has 0 spiro atoms. The zero-order valence-electron chi connectivity index (χ0n) is 15.8. The van der Waals surface area contributed by atoms with Gasteiger partial charge in [-0.15, -0.1) is 0 Å². The van der Waals surface area contributed by atoms with E-state index in [1.165, 1.54) is 56.7 Å². The molecular weight excluding hydrogens is 328 g/mol. The number of aryl methyl sites for hydroxylation is 2. The highest BCUT2D eigenvalue weighted by Crippen LogP contribution is 2.44. The number of hydrogen-bond donors (Lipinski definition) is 2. The van der Waals surface area contributed by atoms with Crippen LogP contribution in [0, 0.1) is 25.7 Å². The third-order valence-corrected chi connectivity index (χ3v) is 7.29. The summed E-state index contributed by atoms with van der Waals surface area (Å²) in [5, 5.41) is 4.73. The first-order valence-electron chi connectivity index (χ1n) is 10.1. The van der Waals surface area contributed by atoms with Crippen LogP contribution in [0.2, 0.25) is 0 Å². The molecule has 2 saturated carbocycles. The van der Waals surface area contributed by atoms with Crippen LogP contribution in [-0.4, -0.2) is 53.3 Å². The molecule has 2 bridgehead atoms. The van der Waals surface area contributed by atoms with Gasteiger partial charge in [0.1, 0.15) is 0 Å². The molecular formula is C20H33N4S+. The van der Waals surface area contributed by atoms with E-state index in [4.69, 9.17) is 12.2 Å². The SMILES string of the molecule is Cc1ccc(C)n1CC[NH+]1CCN(C(=S)N[C@@H]2C[C@H]3CC[C@@H]2C3)CC1. The molecule has 1 aromatic rings. The Morgan fingerprint density at radius 2 is 1.88 bits per heavy atom. The Labute approximate surface area is 157 Å². The Morgan fingerprint density at radius 1 is 1.16 bits per heavy atom. The molecule has 25 heavy (non-hydrogen) atoms. The minimum Gasteiger partial charge on any atom is -0.360 e. The molecule has 4 nitrogen and oxygen atoms in total. The van der Waals surface area contributed by atoms with Crippen LogP contribution in [0.3, 0.4) is 0 Å². The maximum atomic E-state index is 5.73. The zero-order valence-corrected chi connectivity index (χ0v) is 16.6. The van der Waals surface area contributed by atoms with E-state index in [1.54, 1.807) is 4.90 Å². The Hall–Kier alpha value is -1.07. The van der Waals surface area contributed by atoms with Gasteiger partial charge in [-0.05, 0) is 69.3 Å². The number of nitrogens with zero attached hydrogens (tertiary/aromatic N) is 2. The fourth-order valence-electron chi connectivity index (χ4n) is 5.27. The highest BCUT2D eigenvalue weighted by atomic mass is 32.1. The molecule has 3 aliphatic rings. The number of piperazine rings is 1. The summed E-state index contributed by atoms with van der Waals surface area (Å²) in [6, 6.07) is 5.11. The topological polar surface area (TPSA) is 24.6 Å². The van der Waals surface area contributed by atoms with Crippen LogP contribution in [0.15, 0.2) is 12.1 Å². The third kappa shape index (κ3) is 3.72. The number of aromatic nitrogens is 1. The second-order valence-electron chi connectivity index (χ2n) is 8.49. The van der Waals surface area contributed by atoms with Crippen molar-refractivity contribution in [2.45, 2.75) is 52.1 Å². The molecule has 0 amide bonds. The van der Waals surface area contributed by atoms with Crippen LogP contribution in [0.4, 0.5) is 0 Å². The van der Waals surface area contributed by atoms with E-state index in [-0.39, 0.29) is 0 Å². The van der Waals surface area contributed by atoms with Crippen molar-refractivity contribution >= 4 is 17.3 Å². The summed E-state index contributed by atoms with van der Waals surface area (Å²) in [6.45, 7) is 11.4. The van der Waals surface area contributed by atoms with E-state index in [1.807, 2.05) is 0 Å². The average Bonchev–Trinajstić information content (AvgIpc) is 3.31. The van der Waals surface area contributed by atoms with E-state index in [0.29, 0.717) is 6.04 Å². The van der Waals surface area contributed by atoms with E-state index in [9.17, 15) is 0 Å². The summed E-state index contributed by atoms with van der Waals surface area (Å²) >= 11 is 5.73. The average molecular weight is 362 g/mol. The maximum absolute atomic E-state index is 5.73. The van der Waals surface area contributed by atoms with Crippen molar-refractivity contribution in [1.29, 1.82) is 0 Å². The summed E-state index contributed by atoms with van der Waals surface area (Å²) in [5.41, 5.74) is 2.76. The first-order valence-corrected chi connectivity index (χ1v) is 10.5. The van der Waals surface area contributed by atoms with Gasteiger partial charge < -0.3 is 19.7 Å². The Morgan fingerprint density at radius 3 is 2.48 bits per heavy atom. The number of rotatable bonds is 4. The molecule has 2 aliphatic carbocycles. The summed E-state index contributed by atoms with van der Waals surface area (Å²) in [5.74, 6) is 1.87. The molecule has 3 fully saturated rings. The first kappa shape index (κ1) is 17.3. The summed E-state index contributed by atoms with van der Waals surface area (Å²) in [6.07, 6.45) is 5.67. The van der Waals surface area contributed by atoms with Gasteiger partial charge in [-0.25, -0.2) is 0 Å². The second kappa shape index (κ2) is 7.28. The smallest absolute Gasteiger partial charge is 0.169 e. The minimum absolute atomic E-state index is 0.663. The largest absolute Gasteiger partial charge is 0.360 e. The van der Waals surface area contributed by atoms with Crippen LogP contribution in [0.1, 0.15) is 37.1 Å². The van der Waals surface area contributed by atoms with Gasteiger partial charge in [0.2, 0.25) is 0 Å². The lowest BCUT2D eigenvalue weighted by molar-refractivity contribution is -0.904. The van der Waals surface area contributed by atoms with E-state index < -0.39 is 0 Å². The van der Waals surface area contributed by atoms with Crippen molar-refractivity contribution in [3.8, 4) is 0 Å². The monoisotopic (exact) mass is 361 g/mol. The molecule has 2 N–H and O–H groups in total. The molecule has 138 valence electrons. The van der Waals surface area contributed by atoms with Gasteiger partial charge in [0.25, 0.3) is 0 Å². The quantitative estimate of drug-likeness (QED) is 0.793. The van der Waals surface area contributed by atoms with Gasteiger partial charge in [0.15, 0.2) is 5.11 Å². The van der Waals surface area contributed by atoms with E-state index in [2.05, 4.69) is 40.8 Å². The van der Waals surface area contributed by atoms with Crippen LogP contribution in [0.5, 0.6) is 0 Å². The highest BCUT2D eigenvalue weighted by Gasteiger charge is 2.40. The van der Waals surface area contributed by atoms with Gasteiger partial charge >= 0.3 is 0 Å². The molecule has 1 aliphatic heterocycles. The van der Waals surface area contributed by atoms with E-state index >= 15 is 0 Å². The number of hydrogen-bond acceptors (Lipinski definition) is 1. The lowest BCUT2D eigenvalue weighted by Gasteiger charge is -2.36. The van der Waals surface area contributed by atoms with Crippen molar-refractivity contribution < 1.29 is 4.90 Å². The van der Waals surface area contributed by atoms with Gasteiger partial charge in [-0.2, -0.15) is 0 Å². The zero-order chi connectivity index (χ0) is 17.4. The standard InChI is InChI=1S/C20H32N4S/c1-15-3-4-16(2)24(15)12-9-22-7-10-23(11-8-22)20(25)21-19-14-17-5-6-18(19)13-17/h3-4,17-19H,5-14H2,1-2H3,(H,21,25)/p+1/t17-,18+,19+/m0/s1. The lowest BCUT2D eigenvalue weighted by atomic mass is 9.95. The molecule has 3 atom stereocenters. The molecule has 0 aromatic carbocycles. The summed E-state index contributed by atoms with van der Waals surface area (Å²) < 4.78 is 2.45. The highest BCUT2D eigenvalue weighted by molar-refractivity contribution is 7.80. The normalized spacial score (nSPS) is 29.4. The van der Waals surface area contributed by atoms with Crippen molar-refractivity contribution in [3.63, 3.8) is 0 Å². The van der Waals surface area contributed by atoms with Gasteiger partial charge in [-0.3, -0.25) is 0 Å².